The number of aryl methyl sites for hydroxylation is 1. The largest absolute Gasteiger partial charge is 0.384 e. The topological polar surface area (TPSA) is 76.3 Å². The van der Waals surface area contributed by atoms with Gasteiger partial charge in [0.05, 0.1) is 0 Å². The fraction of sp³-hybridized carbons (Fsp3) is 0.240. The summed E-state index contributed by atoms with van der Waals surface area (Å²) in [6.45, 7) is 2.01. The van der Waals surface area contributed by atoms with Crippen LogP contribution in [0.1, 0.15) is 41.3 Å². The van der Waals surface area contributed by atoms with Crippen LogP contribution in [0.4, 0.5) is 10.2 Å². The Bertz CT molecular complexity index is 1060. The highest BCUT2D eigenvalue weighted by Crippen LogP contribution is 2.24. The number of hydrogen-bond acceptors (Lipinski definition) is 4. The van der Waals surface area contributed by atoms with Crippen molar-refractivity contribution in [1.82, 2.24) is 9.88 Å². The molecule has 0 radical (unpaired) electrons. The van der Waals surface area contributed by atoms with Crippen LogP contribution in [0.5, 0.6) is 0 Å². The maximum absolute atomic E-state index is 14.6. The number of carbonyl (C=O) groups is 2. The van der Waals surface area contributed by atoms with Crippen molar-refractivity contribution in [2.45, 2.75) is 32.7 Å². The van der Waals surface area contributed by atoms with Gasteiger partial charge in [-0.3, -0.25) is 9.59 Å². The molecule has 0 aliphatic rings. The van der Waals surface area contributed by atoms with Gasteiger partial charge in [-0.15, -0.1) is 0 Å². The normalized spacial score (nSPS) is 10.7. The lowest BCUT2D eigenvalue weighted by Crippen LogP contribution is -2.25. The molecule has 0 atom stereocenters. The van der Waals surface area contributed by atoms with Crippen molar-refractivity contribution in [3.05, 3.63) is 83.3 Å². The molecule has 1 aromatic heterocycles. The summed E-state index contributed by atoms with van der Waals surface area (Å²) in [5.41, 5.74) is 9.16. The predicted octanol–water partition coefficient (Wildman–Crippen LogP) is 4.65. The van der Waals surface area contributed by atoms with Gasteiger partial charge in [-0.2, -0.15) is 0 Å². The summed E-state index contributed by atoms with van der Waals surface area (Å²) in [4.78, 5) is 29.7. The summed E-state index contributed by atoms with van der Waals surface area (Å²) in [7, 11) is 1.67. The van der Waals surface area contributed by atoms with Gasteiger partial charge in [0.2, 0.25) is 5.91 Å². The van der Waals surface area contributed by atoms with E-state index in [2.05, 4.69) is 4.98 Å². The minimum atomic E-state index is -0.356. The van der Waals surface area contributed by atoms with Crippen molar-refractivity contribution in [1.29, 1.82) is 0 Å². The van der Waals surface area contributed by atoms with Crippen LogP contribution >= 0.6 is 0 Å². The summed E-state index contributed by atoms with van der Waals surface area (Å²) in [5, 5.41) is 0. The third-order valence-corrected chi connectivity index (χ3v) is 5.22. The molecule has 3 rings (SSSR count). The zero-order valence-electron chi connectivity index (χ0n) is 17.8. The Morgan fingerprint density at radius 2 is 1.74 bits per heavy atom. The first kappa shape index (κ1) is 22.2. The number of aromatic nitrogens is 1. The second-order valence-corrected chi connectivity index (χ2v) is 7.50. The van der Waals surface area contributed by atoms with Gasteiger partial charge in [0.15, 0.2) is 5.78 Å². The molecule has 160 valence electrons. The molecule has 2 N–H and O–H groups in total. The molecule has 2 aromatic carbocycles. The standard InChI is InChI=1S/C25H26FN3O2/c1-3-25(31)29(2)16-21-11-10-20(14-22(21)26)18-6-8-19(9-7-18)23(30)12-4-17-5-13-24(27)28-15-17/h5-11,13-15H,3-4,12,16H2,1-2H3,(H2,27,28). The van der Waals surface area contributed by atoms with Crippen LogP contribution in [0.2, 0.25) is 0 Å². The monoisotopic (exact) mass is 419 g/mol. The SMILES string of the molecule is CCC(=O)N(C)Cc1ccc(-c2ccc(C(=O)CCc3ccc(N)nc3)cc2)cc1F. The first-order valence-corrected chi connectivity index (χ1v) is 10.2. The zero-order chi connectivity index (χ0) is 22.4. The minimum absolute atomic E-state index is 0.0311. The molecular weight excluding hydrogens is 393 g/mol. The smallest absolute Gasteiger partial charge is 0.222 e. The number of anilines is 1. The maximum Gasteiger partial charge on any atom is 0.222 e. The molecule has 6 heteroatoms. The molecule has 1 amide bonds. The number of nitrogen functional groups attached to an aromatic ring is 1. The second-order valence-electron chi connectivity index (χ2n) is 7.50. The van der Waals surface area contributed by atoms with Gasteiger partial charge in [0.1, 0.15) is 11.6 Å². The molecule has 31 heavy (non-hydrogen) atoms. The van der Waals surface area contributed by atoms with E-state index in [9.17, 15) is 14.0 Å². The van der Waals surface area contributed by atoms with E-state index in [4.69, 9.17) is 5.73 Å². The Kier molecular flexibility index (Phi) is 7.13. The van der Waals surface area contributed by atoms with Crippen LogP contribution in [0, 0.1) is 5.82 Å². The number of carbonyl (C=O) groups excluding carboxylic acids is 2. The molecule has 5 nitrogen and oxygen atoms in total. The van der Waals surface area contributed by atoms with E-state index in [0.717, 1.165) is 16.7 Å². The second kappa shape index (κ2) is 9.98. The number of rotatable bonds is 8. The van der Waals surface area contributed by atoms with E-state index in [-0.39, 0.29) is 24.1 Å². The summed E-state index contributed by atoms with van der Waals surface area (Å²) < 4.78 is 14.6. The summed E-state index contributed by atoms with van der Waals surface area (Å²) in [6.07, 6.45) is 3.03. The van der Waals surface area contributed by atoms with Crippen LogP contribution < -0.4 is 5.73 Å². The molecule has 3 aromatic rings. The van der Waals surface area contributed by atoms with Crippen LogP contribution in [-0.4, -0.2) is 28.6 Å². The van der Waals surface area contributed by atoms with Gasteiger partial charge < -0.3 is 10.6 Å². The number of halogens is 1. The average molecular weight is 420 g/mol. The van der Waals surface area contributed by atoms with Gasteiger partial charge >= 0.3 is 0 Å². The molecule has 0 fully saturated rings. The highest BCUT2D eigenvalue weighted by atomic mass is 19.1. The number of nitrogens with zero attached hydrogens (tertiary/aromatic N) is 2. The number of pyridine rings is 1. The quantitative estimate of drug-likeness (QED) is 0.539. The van der Waals surface area contributed by atoms with E-state index < -0.39 is 0 Å². The fourth-order valence-electron chi connectivity index (χ4n) is 3.30. The van der Waals surface area contributed by atoms with Crippen molar-refractivity contribution in [2.75, 3.05) is 12.8 Å². The fourth-order valence-corrected chi connectivity index (χ4v) is 3.30. The molecular formula is C25H26FN3O2. The van der Waals surface area contributed by atoms with Crippen molar-refractivity contribution < 1.29 is 14.0 Å². The summed E-state index contributed by atoms with van der Waals surface area (Å²) >= 11 is 0. The number of amides is 1. The van der Waals surface area contributed by atoms with Gasteiger partial charge in [0, 0.05) is 43.8 Å². The van der Waals surface area contributed by atoms with Crippen molar-refractivity contribution in [2.24, 2.45) is 0 Å². The molecule has 0 saturated carbocycles. The van der Waals surface area contributed by atoms with Crippen LogP contribution in [0.3, 0.4) is 0 Å². The van der Waals surface area contributed by atoms with Crippen LogP contribution in [-0.2, 0) is 17.8 Å². The van der Waals surface area contributed by atoms with Crippen LogP contribution in [0.15, 0.2) is 60.8 Å². The Labute approximate surface area is 181 Å². The molecule has 0 aliphatic carbocycles. The van der Waals surface area contributed by atoms with Gasteiger partial charge in [-0.05, 0) is 35.2 Å². The molecule has 0 unspecified atom stereocenters. The lowest BCUT2D eigenvalue weighted by molar-refractivity contribution is -0.130. The Morgan fingerprint density at radius 3 is 2.35 bits per heavy atom. The number of hydrogen-bond donors (Lipinski definition) is 1. The van der Waals surface area contributed by atoms with Crippen molar-refractivity contribution in [3.63, 3.8) is 0 Å². The number of Topliss-reactive ketones (excluding diaryl/α,β-unsaturated/α-hetero) is 1. The van der Waals surface area contributed by atoms with Gasteiger partial charge in [0.25, 0.3) is 0 Å². The molecule has 0 spiro atoms. The Hall–Kier alpha value is -3.54. The molecule has 0 aliphatic heterocycles. The third-order valence-electron chi connectivity index (χ3n) is 5.22. The highest BCUT2D eigenvalue weighted by molar-refractivity contribution is 5.96. The van der Waals surface area contributed by atoms with E-state index in [1.54, 1.807) is 44.4 Å². The Balaban J connectivity index is 1.65. The Morgan fingerprint density at radius 1 is 1.03 bits per heavy atom. The third kappa shape index (κ3) is 5.75. The van der Waals surface area contributed by atoms with E-state index in [0.29, 0.717) is 36.2 Å². The number of ketones is 1. The summed E-state index contributed by atoms with van der Waals surface area (Å²) in [5.74, 6) is 0.104. The summed E-state index contributed by atoms with van der Waals surface area (Å²) in [6, 6.07) is 15.7. The first-order chi connectivity index (χ1) is 14.9. The highest BCUT2D eigenvalue weighted by Gasteiger charge is 2.12. The van der Waals surface area contributed by atoms with E-state index in [1.807, 2.05) is 24.3 Å². The minimum Gasteiger partial charge on any atom is -0.384 e. The molecule has 1 heterocycles. The first-order valence-electron chi connectivity index (χ1n) is 10.2. The van der Waals surface area contributed by atoms with E-state index in [1.165, 1.54) is 11.0 Å². The number of benzene rings is 2. The van der Waals surface area contributed by atoms with Crippen molar-refractivity contribution in [3.8, 4) is 11.1 Å². The lowest BCUT2D eigenvalue weighted by Gasteiger charge is -2.17. The van der Waals surface area contributed by atoms with Gasteiger partial charge in [-0.1, -0.05) is 49.4 Å². The van der Waals surface area contributed by atoms with Crippen LogP contribution in [0.25, 0.3) is 11.1 Å². The zero-order valence-corrected chi connectivity index (χ0v) is 17.8. The predicted molar refractivity (Wildman–Crippen MR) is 120 cm³/mol. The molecule has 0 bridgehead atoms. The average Bonchev–Trinajstić information content (AvgIpc) is 2.79. The van der Waals surface area contributed by atoms with E-state index >= 15 is 0 Å². The van der Waals surface area contributed by atoms with Crippen molar-refractivity contribution >= 4 is 17.5 Å². The lowest BCUT2D eigenvalue weighted by atomic mass is 9.99. The number of nitrogens with two attached hydrogens (primary N) is 1. The maximum atomic E-state index is 14.6. The molecule has 0 saturated heterocycles. The van der Waals surface area contributed by atoms with Gasteiger partial charge in [-0.25, -0.2) is 9.37 Å².